The topological polar surface area (TPSA) is 81.0 Å². The molecule has 1 aromatic heterocycles. The molecule has 1 aliphatic heterocycles. The Bertz CT molecular complexity index is 888. The maximum atomic E-state index is 12.7. The number of alkyl halides is 2. The standard InChI is InChI=1S/C21H22F2N2O4/c1-28-20-19-14(10-24-20)7-16(25-18(19)11-26)9-17(27)8-15(12-29-21(22)23)13-5-3-2-4-6-13/h2-7,15,21,26H,8-12H2,1H3/t15-/m1/s1. The van der Waals surface area contributed by atoms with Crippen molar-refractivity contribution in [1.82, 2.24) is 4.98 Å². The Balaban J connectivity index is 1.73. The molecule has 0 fully saturated rings. The summed E-state index contributed by atoms with van der Waals surface area (Å²) in [6, 6.07) is 10.7. The van der Waals surface area contributed by atoms with Crippen LogP contribution in [0, 0.1) is 0 Å². The van der Waals surface area contributed by atoms with Crippen molar-refractivity contribution in [3.8, 4) is 0 Å². The Hall–Kier alpha value is -2.71. The number of ketones is 1. The van der Waals surface area contributed by atoms with Gasteiger partial charge in [0.25, 0.3) is 0 Å². The number of aliphatic hydroxyl groups is 1. The molecule has 3 rings (SSSR count). The van der Waals surface area contributed by atoms with Crippen LogP contribution in [0.4, 0.5) is 8.78 Å². The molecular weight excluding hydrogens is 382 g/mol. The Morgan fingerprint density at radius 1 is 1.28 bits per heavy atom. The van der Waals surface area contributed by atoms with E-state index in [0.717, 1.165) is 11.1 Å². The van der Waals surface area contributed by atoms with E-state index in [1.165, 1.54) is 7.11 Å². The number of aliphatic hydroxyl groups excluding tert-OH is 1. The minimum Gasteiger partial charge on any atom is -0.481 e. The first-order chi connectivity index (χ1) is 14.0. The number of halogens is 2. The lowest BCUT2D eigenvalue weighted by molar-refractivity contribution is -0.136. The largest absolute Gasteiger partial charge is 0.481 e. The van der Waals surface area contributed by atoms with Crippen LogP contribution >= 0.6 is 0 Å². The summed E-state index contributed by atoms with van der Waals surface area (Å²) in [7, 11) is 1.50. The zero-order valence-corrected chi connectivity index (χ0v) is 16.0. The number of aliphatic imine (C=N–C) groups is 1. The van der Waals surface area contributed by atoms with E-state index in [-0.39, 0.29) is 31.8 Å². The van der Waals surface area contributed by atoms with Gasteiger partial charge in [-0.3, -0.25) is 9.78 Å². The Kier molecular flexibility index (Phi) is 7.00. The highest BCUT2D eigenvalue weighted by Crippen LogP contribution is 2.25. The number of benzene rings is 1. The van der Waals surface area contributed by atoms with E-state index in [4.69, 9.17) is 4.74 Å². The Labute approximate surface area is 167 Å². The van der Waals surface area contributed by atoms with Gasteiger partial charge in [0.15, 0.2) is 0 Å². The van der Waals surface area contributed by atoms with Gasteiger partial charge in [-0.05, 0) is 17.2 Å². The molecule has 0 aliphatic carbocycles. The molecule has 0 saturated carbocycles. The smallest absolute Gasteiger partial charge is 0.345 e. The molecule has 0 spiro atoms. The van der Waals surface area contributed by atoms with E-state index in [1.54, 1.807) is 30.3 Å². The van der Waals surface area contributed by atoms with Crippen molar-refractivity contribution in [3.05, 3.63) is 64.5 Å². The first-order valence-corrected chi connectivity index (χ1v) is 9.19. The van der Waals surface area contributed by atoms with Crippen LogP contribution in [0.5, 0.6) is 0 Å². The van der Waals surface area contributed by atoms with Crippen molar-refractivity contribution in [2.24, 2.45) is 4.99 Å². The minimum absolute atomic E-state index is 0.0284. The fourth-order valence-electron chi connectivity index (χ4n) is 3.45. The number of methoxy groups -OCH3 is 1. The molecule has 2 aromatic rings. The maximum Gasteiger partial charge on any atom is 0.345 e. The van der Waals surface area contributed by atoms with Crippen molar-refractivity contribution >= 4 is 11.7 Å². The predicted octanol–water partition coefficient (Wildman–Crippen LogP) is 3.01. The molecule has 6 nitrogen and oxygen atoms in total. The highest BCUT2D eigenvalue weighted by Gasteiger charge is 2.24. The molecule has 8 heteroatoms. The number of nitrogens with zero attached hydrogens (tertiary/aromatic N) is 2. The summed E-state index contributed by atoms with van der Waals surface area (Å²) in [5.74, 6) is -0.213. The van der Waals surface area contributed by atoms with Crippen molar-refractivity contribution in [3.63, 3.8) is 0 Å². The van der Waals surface area contributed by atoms with E-state index >= 15 is 0 Å². The van der Waals surface area contributed by atoms with E-state index in [9.17, 15) is 18.7 Å². The number of fused-ring (bicyclic) bond motifs is 1. The lowest BCUT2D eigenvalue weighted by atomic mass is 9.93. The minimum atomic E-state index is -2.89. The normalized spacial score (nSPS) is 13.9. The number of carbonyl (C=O) groups excluding carboxylic acids is 1. The van der Waals surface area contributed by atoms with Gasteiger partial charge < -0.3 is 14.6 Å². The van der Waals surface area contributed by atoms with Gasteiger partial charge in [-0.25, -0.2) is 4.99 Å². The maximum absolute atomic E-state index is 12.7. The van der Waals surface area contributed by atoms with Crippen molar-refractivity contribution in [2.45, 2.75) is 38.5 Å². The second-order valence-corrected chi connectivity index (χ2v) is 6.70. The second-order valence-electron chi connectivity index (χ2n) is 6.70. The molecule has 154 valence electrons. The molecule has 0 saturated heterocycles. The van der Waals surface area contributed by atoms with E-state index < -0.39 is 12.5 Å². The average molecular weight is 404 g/mol. The van der Waals surface area contributed by atoms with Crippen LogP contribution in [0.25, 0.3) is 0 Å². The molecular formula is C21H22F2N2O4. The highest BCUT2D eigenvalue weighted by atomic mass is 19.3. The lowest BCUT2D eigenvalue weighted by Crippen LogP contribution is -2.17. The van der Waals surface area contributed by atoms with Crippen LogP contribution < -0.4 is 0 Å². The third kappa shape index (κ3) is 5.21. The fourth-order valence-corrected chi connectivity index (χ4v) is 3.45. The molecule has 0 unspecified atom stereocenters. The SMILES string of the molecule is COC1=NCc2cc(CC(=O)C[C@H](COC(F)F)c3ccccc3)nc(CO)c21. The van der Waals surface area contributed by atoms with Gasteiger partial charge in [-0.15, -0.1) is 0 Å². The second kappa shape index (κ2) is 9.67. The number of rotatable bonds is 9. The van der Waals surface area contributed by atoms with Crippen LogP contribution in [0.15, 0.2) is 41.4 Å². The number of carbonyl (C=O) groups is 1. The quantitative estimate of drug-likeness (QED) is 0.695. The van der Waals surface area contributed by atoms with Gasteiger partial charge in [0, 0.05) is 24.5 Å². The van der Waals surface area contributed by atoms with Crippen LogP contribution in [0.2, 0.25) is 0 Å². The fraction of sp³-hybridized carbons (Fsp3) is 0.381. The van der Waals surface area contributed by atoms with Crippen LogP contribution in [0.1, 0.15) is 40.4 Å². The zero-order valence-electron chi connectivity index (χ0n) is 16.0. The monoisotopic (exact) mass is 404 g/mol. The highest BCUT2D eigenvalue weighted by molar-refractivity contribution is 5.98. The number of hydrogen-bond donors (Lipinski definition) is 1. The van der Waals surface area contributed by atoms with Gasteiger partial charge >= 0.3 is 6.61 Å². The number of ether oxygens (including phenoxy) is 2. The lowest BCUT2D eigenvalue weighted by Gasteiger charge is -2.17. The third-order valence-corrected chi connectivity index (χ3v) is 4.73. The zero-order chi connectivity index (χ0) is 20.8. The van der Waals surface area contributed by atoms with Gasteiger partial charge in [0.2, 0.25) is 5.90 Å². The van der Waals surface area contributed by atoms with Crippen molar-refractivity contribution in [1.29, 1.82) is 0 Å². The molecule has 29 heavy (non-hydrogen) atoms. The number of hydrogen-bond acceptors (Lipinski definition) is 6. The summed E-state index contributed by atoms with van der Waals surface area (Å²) in [6.45, 7) is -3.05. The van der Waals surface area contributed by atoms with Crippen LogP contribution in [-0.4, -0.2) is 42.1 Å². The van der Waals surface area contributed by atoms with Gasteiger partial charge in [-0.1, -0.05) is 30.3 Å². The summed E-state index contributed by atoms with van der Waals surface area (Å²) in [5.41, 5.74) is 3.18. The summed E-state index contributed by atoms with van der Waals surface area (Å²) < 4.78 is 34.7. The van der Waals surface area contributed by atoms with E-state index in [2.05, 4.69) is 14.7 Å². The summed E-state index contributed by atoms with van der Waals surface area (Å²) in [6.07, 6.45) is 0.0738. The third-order valence-electron chi connectivity index (χ3n) is 4.73. The number of pyridine rings is 1. The van der Waals surface area contributed by atoms with Gasteiger partial charge in [0.1, 0.15) is 5.78 Å². The van der Waals surface area contributed by atoms with Crippen molar-refractivity contribution in [2.75, 3.05) is 13.7 Å². The van der Waals surface area contributed by atoms with Gasteiger partial charge in [0.05, 0.1) is 38.1 Å². The van der Waals surface area contributed by atoms with Crippen LogP contribution in [-0.2, 0) is 33.8 Å². The molecule has 0 radical (unpaired) electrons. The Morgan fingerprint density at radius 3 is 2.69 bits per heavy atom. The molecule has 0 bridgehead atoms. The first-order valence-electron chi connectivity index (χ1n) is 9.19. The van der Waals surface area contributed by atoms with E-state index in [1.807, 2.05) is 6.07 Å². The summed E-state index contributed by atoms with van der Waals surface area (Å²) >= 11 is 0. The summed E-state index contributed by atoms with van der Waals surface area (Å²) in [5, 5.41) is 9.64. The average Bonchev–Trinajstić information content (AvgIpc) is 3.14. The Morgan fingerprint density at radius 2 is 2.03 bits per heavy atom. The van der Waals surface area contributed by atoms with Crippen LogP contribution in [0.3, 0.4) is 0 Å². The van der Waals surface area contributed by atoms with Gasteiger partial charge in [-0.2, -0.15) is 8.78 Å². The molecule has 1 atom stereocenters. The number of aromatic nitrogens is 1. The molecule has 0 amide bonds. The molecule has 1 aromatic carbocycles. The van der Waals surface area contributed by atoms with E-state index in [0.29, 0.717) is 29.4 Å². The first kappa shape index (κ1) is 21.0. The molecule has 2 heterocycles. The van der Waals surface area contributed by atoms with Crippen molar-refractivity contribution < 1.29 is 28.2 Å². The molecule has 1 aliphatic rings. The number of Topliss-reactive ketones (excluding diaryl/α,β-unsaturated/α-hetero) is 1. The summed E-state index contributed by atoms with van der Waals surface area (Å²) in [4.78, 5) is 21.3. The molecule has 1 N–H and O–H groups in total. The predicted molar refractivity (Wildman–Crippen MR) is 102 cm³/mol.